The number of anilines is 1. The molecule has 2 N–H and O–H groups in total. The average molecular weight is 398 g/mol. The van der Waals surface area contributed by atoms with Crippen molar-refractivity contribution < 1.29 is 23.7 Å². The highest BCUT2D eigenvalue weighted by Crippen LogP contribution is 2.65. The molecule has 5 atom stereocenters. The van der Waals surface area contributed by atoms with Crippen LogP contribution >= 0.6 is 0 Å². The van der Waals surface area contributed by atoms with Crippen LogP contribution in [0.1, 0.15) is 25.6 Å². The zero-order valence-electron chi connectivity index (χ0n) is 15.6. The molecule has 5 heterocycles. The van der Waals surface area contributed by atoms with Crippen LogP contribution in [-0.2, 0) is 18.9 Å². The summed E-state index contributed by atoms with van der Waals surface area (Å²) >= 11 is 0. The Hall–Kier alpha value is -3.02. The Balaban J connectivity index is 1.34. The van der Waals surface area contributed by atoms with Crippen LogP contribution in [0.15, 0.2) is 37.2 Å². The Morgan fingerprint density at radius 3 is 2.97 bits per heavy atom. The molecule has 0 aromatic carbocycles. The molecule has 3 aromatic rings. The number of fused-ring (bicyclic) bond motifs is 1. The van der Waals surface area contributed by atoms with Gasteiger partial charge in [0.2, 0.25) is 0 Å². The van der Waals surface area contributed by atoms with E-state index >= 15 is 0 Å². The van der Waals surface area contributed by atoms with Gasteiger partial charge in [-0.2, -0.15) is 5.10 Å². The molecule has 1 unspecified atom stereocenters. The van der Waals surface area contributed by atoms with E-state index in [9.17, 15) is 4.79 Å². The number of aromatic nitrogens is 5. The van der Waals surface area contributed by atoms with Crippen LogP contribution in [0.4, 0.5) is 10.6 Å². The number of imidazole rings is 1. The Kier molecular flexibility index (Phi) is 3.10. The largest absolute Gasteiger partial charge is 0.439 e. The number of carbonyl (C=O) groups excluding carboxylic acids is 1. The van der Waals surface area contributed by atoms with E-state index in [1.807, 2.05) is 26.0 Å². The number of hydrogen-bond acceptors (Lipinski definition) is 9. The van der Waals surface area contributed by atoms with Crippen molar-refractivity contribution in [2.24, 2.45) is 0 Å². The van der Waals surface area contributed by atoms with Crippen molar-refractivity contribution in [3.05, 3.63) is 42.9 Å². The summed E-state index contributed by atoms with van der Waals surface area (Å²) in [5.74, 6) is -0.470. The van der Waals surface area contributed by atoms with Crippen molar-refractivity contribution in [2.45, 2.75) is 49.7 Å². The van der Waals surface area contributed by atoms with Gasteiger partial charge in [0, 0.05) is 12.4 Å². The minimum absolute atomic E-state index is 0.375. The fourth-order valence-electron chi connectivity index (χ4n) is 4.48. The van der Waals surface area contributed by atoms with E-state index in [1.54, 1.807) is 4.52 Å². The van der Waals surface area contributed by atoms with E-state index in [0.29, 0.717) is 11.3 Å². The zero-order chi connectivity index (χ0) is 20.0. The molecule has 11 heteroatoms. The first-order valence-electron chi connectivity index (χ1n) is 9.21. The molecule has 0 amide bonds. The van der Waals surface area contributed by atoms with Crippen molar-refractivity contribution in [1.82, 2.24) is 24.1 Å². The van der Waals surface area contributed by atoms with Crippen molar-refractivity contribution in [1.29, 1.82) is 0 Å². The highest BCUT2D eigenvalue weighted by atomic mass is 16.8. The van der Waals surface area contributed by atoms with Crippen molar-refractivity contribution in [2.75, 3.05) is 5.73 Å². The summed E-state index contributed by atoms with van der Waals surface area (Å²) in [7, 11) is 0. The van der Waals surface area contributed by atoms with Crippen molar-refractivity contribution in [3.8, 4) is 0 Å². The summed E-state index contributed by atoms with van der Waals surface area (Å²) in [6, 6.07) is 3.72. The van der Waals surface area contributed by atoms with Gasteiger partial charge in [0.05, 0.1) is 5.69 Å². The van der Waals surface area contributed by atoms with Gasteiger partial charge in [-0.1, -0.05) is 0 Å². The van der Waals surface area contributed by atoms with Crippen LogP contribution in [0.25, 0.3) is 5.52 Å². The maximum Gasteiger partial charge on any atom is 0.419 e. The number of carbonyl (C=O) groups is 1. The van der Waals surface area contributed by atoms with Gasteiger partial charge in [0.25, 0.3) is 0 Å². The molecule has 2 saturated heterocycles. The summed E-state index contributed by atoms with van der Waals surface area (Å²) < 4.78 is 27.2. The summed E-state index contributed by atoms with van der Waals surface area (Å²) in [5.41, 5.74) is 6.53. The Morgan fingerprint density at radius 1 is 1.31 bits per heavy atom. The highest BCUT2D eigenvalue weighted by Gasteiger charge is 2.85. The smallest absolute Gasteiger partial charge is 0.419 e. The Morgan fingerprint density at radius 2 is 2.17 bits per heavy atom. The molecule has 3 aliphatic rings. The maximum atomic E-state index is 12.4. The molecule has 3 fully saturated rings. The lowest BCUT2D eigenvalue weighted by atomic mass is 10.1. The Bertz CT molecular complexity index is 1130. The summed E-state index contributed by atoms with van der Waals surface area (Å²) in [5, 5.41) is 4.29. The predicted octanol–water partition coefficient (Wildman–Crippen LogP) is 0.905. The molecule has 3 aromatic heterocycles. The highest BCUT2D eigenvalue weighted by molar-refractivity contribution is 5.71. The van der Waals surface area contributed by atoms with Gasteiger partial charge in [-0.15, -0.1) is 0 Å². The van der Waals surface area contributed by atoms with Gasteiger partial charge in [-0.3, -0.25) is 0 Å². The molecule has 2 aliphatic heterocycles. The SMILES string of the molecule is CC1(C)O[C@H]2[C@H](c3ccc4c(N)ncnn34)O[C@@H]3C(OC(=O)n4ccnc4)[C@@]32O1. The predicted molar refractivity (Wildman–Crippen MR) is 95.7 cm³/mol. The van der Waals surface area contributed by atoms with Crippen LogP contribution in [0, 0.1) is 0 Å². The molecule has 6 rings (SSSR count). The number of nitrogens with zero attached hydrogens (tertiary/aromatic N) is 5. The number of ether oxygens (including phenoxy) is 4. The molecule has 11 nitrogen and oxygen atoms in total. The first-order chi connectivity index (χ1) is 13.9. The lowest BCUT2D eigenvalue weighted by molar-refractivity contribution is -0.176. The second-order valence-corrected chi connectivity index (χ2v) is 7.85. The number of nitrogens with two attached hydrogens (primary N) is 1. The molecule has 150 valence electrons. The van der Waals surface area contributed by atoms with Crippen molar-refractivity contribution in [3.63, 3.8) is 0 Å². The second-order valence-electron chi connectivity index (χ2n) is 7.85. The first kappa shape index (κ1) is 16.9. The molecular formula is C18H18N6O5. The van der Waals surface area contributed by atoms with Crippen molar-refractivity contribution >= 4 is 17.4 Å². The van der Waals surface area contributed by atoms with E-state index in [2.05, 4.69) is 15.1 Å². The van der Waals surface area contributed by atoms with E-state index in [4.69, 9.17) is 24.7 Å². The summed E-state index contributed by atoms with van der Waals surface area (Å²) in [4.78, 5) is 20.2. The van der Waals surface area contributed by atoms with Crippen LogP contribution in [0.3, 0.4) is 0 Å². The van der Waals surface area contributed by atoms with Gasteiger partial charge >= 0.3 is 6.09 Å². The maximum absolute atomic E-state index is 12.4. The molecule has 0 radical (unpaired) electrons. The first-order valence-corrected chi connectivity index (χ1v) is 9.21. The monoisotopic (exact) mass is 398 g/mol. The van der Waals surface area contributed by atoms with Gasteiger partial charge in [0.1, 0.15) is 36.5 Å². The molecule has 1 spiro atoms. The molecular weight excluding hydrogens is 380 g/mol. The van der Waals surface area contributed by atoms with Gasteiger partial charge in [-0.05, 0) is 26.0 Å². The van der Waals surface area contributed by atoms with Gasteiger partial charge in [-0.25, -0.2) is 23.8 Å². The number of rotatable bonds is 2. The second kappa shape index (κ2) is 5.32. The summed E-state index contributed by atoms with van der Waals surface area (Å²) in [6.07, 6.45) is 3.30. The number of hydrogen-bond donors (Lipinski definition) is 1. The van der Waals surface area contributed by atoms with Crippen LogP contribution in [-0.4, -0.2) is 59.9 Å². The third kappa shape index (κ3) is 2.17. The Labute approximate surface area is 164 Å². The van der Waals surface area contributed by atoms with E-state index < -0.39 is 41.9 Å². The third-order valence-electron chi connectivity index (χ3n) is 5.65. The fourth-order valence-corrected chi connectivity index (χ4v) is 4.48. The number of nitrogen functional groups attached to an aromatic ring is 1. The van der Waals surface area contributed by atoms with Gasteiger partial charge in [0.15, 0.2) is 23.3 Å². The lowest BCUT2D eigenvalue weighted by Crippen LogP contribution is -2.34. The molecule has 1 aliphatic carbocycles. The quantitative estimate of drug-likeness (QED) is 0.669. The minimum Gasteiger partial charge on any atom is -0.439 e. The topological polar surface area (TPSA) is 128 Å². The fraction of sp³-hybridized carbons (Fsp3) is 0.444. The molecule has 0 bridgehead atoms. The summed E-state index contributed by atoms with van der Waals surface area (Å²) in [6.45, 7) is 3.66. The van der Waals surface area contributed by atoms with E-state index in [0.717, 1.165) is 5.69 Å². The lowest BCUT2D eigenvalue weighted by Gasteiger charge is -2.23. The standard InChI is InChI=1S/C18H18N6O5/c1-17(2)28-12-11(9-3-4-10-15(19)21-7-22-24(9)10)26-13-14(18(12,13)29-17)27-16(25)23-6-5-20-8-23/h3-8,11-14H,1-2H3,(H2,19,21,22)/t11-,12-,13+,14?,18-/m0/s1. The third-order valence-corrected chi connectivity index (χ3v) is 5.65. The average Bonchev–Trinajstić information content (AvgIpc) is 3.24. The minimum atomic E-state index is -0.868. The van der Waals surface area contributed by atoms with Gasteiger partial charge < -0.3 is 24.7 Å². The molecule has 1 saturated carbocycles. The van der Waals surface area contributed by atoms with E-state index in [-0.39, 0.29) is 0 Å². The van der Waals surface area contributed by atoms with Crippen LogP contribution in [0.2, 0.25) is 0 Å². The van der Waals surface area contributed by atoms with Crippen LogP contribution < -0.4 is 5.73 Å². The molecule has 29 heavy (non-hydrogen) atoms. The van der Waals surface area contributed by atoms with Crippen LogP contribution in [0.5, 0.6) is 0 Å². The van der Waals surface area contributed by atoms with E-state index in [1.165, 1.54) is 29.6 Å². The zero-order valence-corrected chi connectivity index (χ0v) is 15.6. The normalized spacial score (nSPS) is 34.1.